The number of nitrogens with one attached hydrogen (secondary N) is 1. The standard InChI is InChI=1S/C17H35NO/c1-9-10-18-13(2)11-15(3,4)14-12-16(5,6)19-17(14,7)8/h13-14,18H,9-12H2,1-8H3. The molecule has 1 saturated heterocycles. The molecule has 1 heterocycles. The van der Waals surface area contributed by atoms with Gasteiger partial charge in [-0.05, 0) is 71.8 Å². The molecule has 2 nitrogen and oxygen atoms in total. The maximum Gasteiger partial charge on any atom is 0.0667 e. The largest absolute Gasteiger partial charge is 0.369 e. The van der Waals surface area contributed by atoms with Crippen LogP contribution in [-0.2, 0) is 4.74 Å². The van der Waals surface area contributed by atoms with Gasteiger partial charge in [0.15, 0.2) is 0 Å². The van der Waals surface area contributed by atoms with Crippen LogP contribution in [0.4, 0.5) is 0 Å². The van der Waals surface area contributed by atoms with Gasteiger partial charge in [-0.1, -0.05) is 20.8 Å². The molecule has 1 aliphatic heterocycles. The van der Waals surface area contributed by atoms with Crippen molar-refractivity contribution in [3.63, 3.8) is 0 Å². The summed E-state index contributed by atoms with van der Waals surface area (Å²) in [5.74, 6) is 0.612. The first-order chi connectivity index (χ1) is 8.50. The molecule has 0 spiro atoms. The van der Waals surface area contributed by atoms with E-state index in [2.05, 4.69) is 60.7 Å². The Kier molecular flexibility index (Phi) is 5.12. The topological polar surface area (TPSA) is 21.3 Å². The Balaban J connectivity index is 2.71. The molecule has 0 aromatic carbocycles. The van der Waals surface area contributed by atoms with Gasteiger partial charge in [-0.2, -0.15) is 0 Å². The van der Waals surface area contributed by atoms with Gasteiger partial charge < -0.3 is 10.1 Å². The second-order valence-corrected chi connectivity index (χ2v) is 8.27. The second-order valence-electron chi connectivity index (χ2n) is 8.27. The van der Waals surface area contributed by atoms with Crippen LogP contribution in [0, 0.1) is 11.3 Å². The van der Waals surface area contributed by atoms with E-state index in [9.17, 15) is 0 Å². The monoisotopic (exact) mass is 269 g/mol. The Bertz CT molecular complexity index is 294. The van der Waals surface area contributed by atoms with E-state index in [4.69, 9.17) is 4.74 Å². The molecule has 0 aromatic rings. The Hall–Kier alpha value is -0.0800. The molecule has 2 heteroatoms. The van der Waals surface area contributed by atoms with E-state index < -0.39 is 0 Å². The lowest BCUT2D eigenvalue weighted by atomic mass is 9.66. The zero-order chi connectivity index (χ0) is 14.9. The van der Waals surface area contributed by atoms with Crippen molar-refractivity contribution >= 4 is 0 Å². The first-order valence-electron chi connectivity index (χ1n) is 7.94. The second kappa shape index (κ2) is 5.73. The zero-order valence-corrected chi connectivity index (χ0v) is 14.4. The van der Waals surface area contributed by atoms with Crippen LogP contribution < -0.4 is 5.32 Å². The predicted molar refractivity (Wildman–Crippen MR) is 83.5 cm³/mol. The van der Waals surface area contributed by atoms with E-state index in [0.29, 0.717) is 17.4 Å². The third-order valence-corrected chi connectivity index (χ3v) is 4.59. The predicted octanol–water partition coefficient (Wildman–Crippen LogP) is 4.38. The Morgan fingerprint density at radius 2 is 1.84 bits per heavy atom. The van der Waals surface area contributed by atoms with E-state index in [1.54, 1.807) is 0 Å². The average Bonchev–Trinajstić information content (AvgIpc) is 2.43. The molecule has 19 heavy (non-hydrogen) atoms. The maximum absolute atomic E-state index is 6.28. The van der Waals surface area contributed by atoms with Gasteiger partial charge in [-0.15, -0.1) is 0 Å². The number of hydrogen-bond donors (Lipinski definition) is 1. The summed E-state index contributed by atoms with van der Waals surface area (Å²) < 4.78 is 6.28. The Morgan fingerprint density at radius 1 is 1.26 bits per heavy atom. The number of rotatable bonds is 6. The molecule has 1 aliphatic rings. The fourth-order valence-electron chi connectivity index (χ4n) is 4.17. The average molecular weight is 269 g/mol. The van der Waals surface area contributed by atoms with Crippen LogP contribution in [0.2, 0.25) is 0 Å². The van der Waals surface area contributed by atoms with Crippen LogP contribution in [0.15, 0.2) is 0 Å². The zero-order valence-electron chi connectivity index (χ0n) is 14.4. The third kappa shape index (κ3) is 4.46. The summed E-state index contributed by atoms with van der Waals surface area (Å²) in [7, 11) is 0. The summed E-state index contributed by atoms with van der Waals surface area (Å²) in [4.78, 5) is 0. The van der Waals surface area contributed by atoms with E-state index in [0.717, 1.165) is 13.0 Å². The minimum absolute atomic E-state index is 0.0164. The van der Waals surface area contributed by atoms with Gasteiger partial charge in [-0.3, -0.25) is 0 Å². The molecule has 2 atom stereocenters. The summed E-state index contributed by atoms with van der Waals surface area (Å²) >= 11 is 0. The number of hydrogen-bond acceptors (Lipinski definition) is 2. The Labute approximate surface area is 120 Å². The highest BCUT2D eigenvalue weighted by Gasteiger charge is 2.51. The fraction of sp³-hybridized carbons (Fsp3) is 1.00. The molecule has 1 N–H and O–H groups in total. The highest BCUT2D eigenvalue weighted by molar-refractivity contribution is 5.01. The van der Waals surface area contributed by atoms with Crippen LogP contribution in [0.3, 0.4) is 0 Å². The fourth-order valence-corrected chi connectivity index (χ4v) is 4.17. The van der Waals surface area contributed by atoms with Gasteiger partial charge in [0, 0.05) is 6.04 Å². The summed E-state index contributed by atoms with van der Waals surface area (Å²) in [6, 6.07) is 0.578. The molecule has 0 aliphatic carbocycles. The van der Waals surface area contributed by atoms with E-state index in [1.165, 1.54) is 12.8 Å². The molecule has 1 fully saturated rings. The molecule has 1 rings (SSSR count). The van der Waals surface area contributed by atoms with Crippen molar-refractivity contribution in [3.8, 4) is 0 Å². The molecule has 0 radical (unpaired) electrons. The van der Waals surface area contributed by atoms with Crippen LogP contribution in [0.1, 0.15) is 74.7 Å². The van der Waals surface area contributed by atoms with Crippen molar-refractivity contribution in [2.75, 3.05) is 6.54 Å². The van der Waals surface area contributed by atoms with E-state index >= 15 is 0 Å². The van der Waals surface area contributed by atoms with Crippen LogP contribution in [0.5, 0.6) is 0 Å². The molecule has 2 unspecified atom stereocenters. The molecule has 0 bridgehead atoms. The van der Waals surface area contributed by atoms with Crippen LogP contribution in [0.25, 0.3) is 0 Å². The van der Waals surface area contributed by atoms with Gasteiger partial charge in [0.05, 0.1) is 11.2 Å². The molecular formula is C17H35NO. The van der Waals surface area contributed by atoms with Gasteiger partial charge in [0.2, 0.25) is 0 Å². The highest BCUT2D eigenvalue weighted by Crippen LogP contribution is 2.51. The van der Waals surface area contributed by atoms with Gasteiger partial charge in [0.25, 0.3) is 0 Å². The Morgan fingerprint density at radius 3 is 2.26 bits per heavy atom. The summed E-state index contributed by atoms with van der Waals surface area (Å²) in [6.07, 6.45) is 3.57. The summed E-state index contributed by atoms with van der Waals surface area (Å²) in [5, 5.41) is 3.62. The van der Waals surface area contributed by atoms with Gasteiger partial charge in [0.1, 0.15) is 0 Å². The highest BCUT2D eigenvalue weighted by atomic mass is 16.5. The van der Waals surface area contributed by atoms with E-state index in [1.807, 2.05) is 0 Å². The van der Waals surface area contributed by atoms with Crippen molar-refractivity contribution in [1.82, 2.24) is 5.32 Å². The maximum atomic E-state index is 6.28. The first kappa shape index (κ1) is 17.0. The van der Waals surface area contributed by atoms with Crippen molar-refractivity contribution in [2.45, 2.75) is 91.9 Å². The molecule has 114 valence electrons. The first-order valence-corrected chi connectivity index (χ1v) is 7.94. The lowest BCUT2D eigenvalue weighted by Crippen LogP contribution is -2.42. The molecule has 0 saturated carbocycles. The van der Waals surface area contributed by atoms with Crippen LogP contribution >= 0.6 is 0 Å². The molecular weight excluding hydrogens is 234 g/mol. The van der Waals surface area contributed by atoms with Crippen LogP contribution in [-0.4, -0.2) is 23.8 Å². The lowest BCUT2D eigenvalue weighted by molar-refractivity contribution is -0.0878. The lowest BCUT2D eigenvalue weighted by Gasteiger charge is -2.40. The third-order valence-electron chi connectivity index (χ3n) is 4.59. The smallest absolute Gasteiger partial charge is 0.0667 e. The minimum Gasteiger partial charge on any atom is -0.369 e. The minimum atomic E-state index is -0.0164. The van der Waals surface area contributed by atoms with E-state index in [-0.39, 0.29) is 11.2 Å². The summed E-state index contributed by atoms with van der Waals surface area (Å²) in [6.45, 7) is 19.5. The molecule has 0 amide bonds. The normalized spacial score (nSPS) is 27.5. The van der Waals surface area contributed by atoms with Gasteiger partial charge in [-0.25, -0.2) is 0 Å². The SMILES string of the molecule is CCCNC(C)CC(C)(C)C1CC(C)(C)OC1(C)C. The molecule has 0 aromatic heterocycles. The van der Waals surface area contributed by atoms with Crippen molar-refractivity contribution in [1.29, 1.82) is 0 Å². The van der Waals surface area contributed by atoms with Gasteiger partial charge >= 0.3 is 0 Å². The quantitative estimate of drug-likeness (QED) is 0.772. The van der Waals surface area contributed by atoms with Crippen molar-refractivity contribution in [3.05, 3.63) is 0 Å². The summed E-state index contributed by atoms with van der Waals surface area (Å²) in [5.41, 5.74) is 0.306. The number of ether oxygens (including phenoxy) is 1. The van der Waals surface area contributed by atoms with Crippen molar-refractivity contribution < 1.29 is 4.74 Å². The van der Waals surface area contributed by atoms with Crippen molar-refractivity contribution in [2.24, 2.45) is 11.3 Å².